The van der Waals surface area contributed by atoms with Crippen molar-refractivity contribution >= 4 is 40.8 Å². The Labute approximate surface area is 152 Å². The molecule has 1 fully saturated rings. The van der Waals surface area contributed by atoms with Crippen molar-refractivity contribution in [1.29, 1.82) is 0 Å². The molecule has 0 spiro atoms. The SMILES string of the molecule is CCOC(=O)C1CCCN(CC(=O)Nc2c(Cl)ccc(C)c2Cl)C1. The maximum Gasteiger partial charge on any atom is 0.310 e. The zero-order chi connectivity index (χ0) is 17.7. The average molecular weight is 373 g/mol. The monoisotopic (exact) mass is 372 g/mol. The fraction of sp³-hybridized carbons (Fsp3) is 0.529. The molecule has 2 rings (SSSR count). The highest BCUT2D eigenvalue weighted by atomic mass is 35.5. The first-order chi connectivity index (χ1) is 11.4. The van der Waals surface area contributed by atoms with Gasteiger partial charge in [-0.1, -0.05) is 29.3 Å². The van der Waals surface area contributed by atoms with Crippen LogP contribution in [-0.2, 0) is 14.3 Å². The molecular weight excluding hydrogens is 351 g/mol. The molecule has 0 aliphatic carbocycles. The predicted molar refractivity (Wildman–Crippen MR) is 95.6 cm³/mol. The number of anilines is 1. The van der Waals surface area contributed by atoms with E-state index in [-0.39, 0.29) is 24.3 Å². The van der Waals surface area contributed by atoms with Crippen molar-refractivity contribution in [2.45, 2.75) is 26.7 Å². The second kappa shape index (κ2) is 8.70. The molecule has 24 heavy (non-hydrogen) atoms. The maximum absolute atomic E-state index is 12.3. The molecule has 1 atom stereocenters. The lowest BCUT2D eigenvalue weighted by Crippen LogP contribution is -2.43. The van der Waals surface area contributed by atoms with Gasteiger partial charge in [0.25, 0.3) is 0 Å². The van der Waals surface area contributed by atoms with Gasteiger partial charge in [0.1, 0.15) is 0 Å². The van der Waals surface area contributed by atoms with Gasteiger partial charge in [-0.2, -0.15) is 0 Å². The molecule has 1 unspecified atom stereocenters. The highest BCUT2D eigenvalue weighted by molar-refractivity contribution is 6.40. The minimum atomic E-state index is -0.200. The zero-order valence-corrected chi connectivity index (χ0v) is 15.4. The third kappa shape index (κ3) is 4.85. The van der Waals surface area contributed by atoms with E-state index in [0.29, 0.717) is 28.9 Å². The van der Waals surface area contributed by atoms with Gasteiger partial charge in [-0.15, -0.1) is 0 Å². The quantitative estimate of drug-likeness (QED) is 0.803. The van der Waals surface area contributed by atoms with E-state index in [9.17, 15) is 9.59 Å². The number of esters is 1. The molecule has 5 nitrogen and oxygen atoms in total. The van der Waals surface area contributed by atoms with Gasteiger partial charge in [-0.3, -0.25) is 14.5 Å². The molecule has 0 bridgehead atoms. The number of likely N-dealkylation sites (tertiary alicyclic amines) is 1. The van der Waals surface area contributed by atoms with Crippen LogP contribution in [0, 0.1) is 12.8 Å². The molecule has 1 N–H and O–H groups in total. The molecule has 0 saturated carbocycles. The largest absolute Gasteiger partial charge is 0.466 e. The second-order valence-electron chi connectivity index (χ2n) is 5.93. The van der Waals surface area contributed by atoms with Crippen molar-refractivity contribution in [3.63, 3.8) is 0 Å². The van der Waals surface area contributed by atoms with Crippen molar-refractivity contribution < 1.29 is 14.3 Å². The molecule has 1 aromatic rings. The molecule has 1 aliphatic heterocycles. The summed E-state index contributed by atoms with van der Waals surface area (Å²) in [5.41, 5.74) is 1.28. The third-order valence-corrected chi connectivity index (χ3v) is 4.84. The molecule has 1 aliphatic rings. The Morgan fingerprint density at radius 3 is 2.83 bits per heavy atom. The summed E-state index contributed by atoms with van der Waals surface area (Å²) < 4.78 is 5.07. The zero-order valence-electron chi connectivity index (χ0n) is 13.9. The second-order valence-corrected chi connectivity index (χ2v) is 6.71. The summed E-state index contributed by atoms with van der Waals surface area (Å²) in [7, 11) is 0. The first-order valence-electron chi connectivity index (χ1n) is 8.05. The van der Waals surface area contributed by atoms with Gasteiger partial charge in [0, 0.05) is 6.54 Å². The Hall–Kier alpha value is -1.30. The topological polar surface area (TPSA) is 58.6 Å². The van der Waals surface area contributed by atoms with Crippen molar-refractivity contribution in [2.75, 3.05) is 31.6 Å². The van der Waals surface area contributed by atoms with Gasteiger partial charge in [0.15, 0.2) is 0 Å². The van der Waals surface area contributed by atoms with Gasteiger partial charge in [0.05, 0.1) is 34.8 Å². The number of carbonyl (C=O) groups is 2. The van der Waals surface area contributed by atoms with Crippen LogP contribution < -0.4 is 5.32 Å². The lowest BCUT2D eigenvalue weighted by Gasteiger charge is -2.30. The highest BCUT2D eigenvalue weighted by Gasteiger charge is 2.28. The number of nitrogens with zero attached hydrogens (tertiary/aromatic N) is 1. The number of nitrogens with one attached hydrogen (secondary N) is 1. The summed E-state index contributed by atoms with van der Waals surface area (Å²) >= 11 is 12.3. The Balaban J connectivity index is 1.95. The average Bonchev–Trinajstić information content (AvgIpc) is 2.55. The number of carbonyl (C=O) groups excluding carboxylic acids is 2. The van der Waals surface area contributed by atoms with Crippen molar-refractivity contribution in [2.24, 2.45) is 5.92 Å². The van der Waals surface area contributed by atoms with Gasteiger partial charge in [-0.05, 0) is 44.9 Å². The summed E-state index contributed by atoms with van der Waals surface area (Å²) in [4.78, 5) is 26.1. The van der Waals surface area contributed by atoms with Gasteiger partial charge in [0.2, 0.25) is 5.91 Å². The first-order valence-corrected chi connectivity index (χ1v) is 8.81. The van der Waals surface area contributed by atoms with Crippen LogP contribution in [0.2, 0.25) is 10.0 Å². The molecule has 1 heterocycles. The number of piperidine rings is 1. The number of hydrogen-bond acceptors (Lipinski definition) is 4. The van der Waals surface area contributed by atoms with Crippen LogP contribution in [0.3, 0.4) is 0 Å². The van der Waals surface area contributed by atoms with Crippen LogP contribution in [0.4, 0.5) is 5.69 Å². The molecule has 7 heteroatoms. The van der Waals surface area contributed by atoms with E-state index in [1.807, 2.05) is 11.8 Å². The standard InChI is InChI=1S/C17H22Cl2N2O3/c1-3-24-17(23)12-5-4-8-21(9-12)10-14(22)20-16-13(18)7-6-11(2)15(16)19/h6-7,12H,3-5,8-10H2,1-2H3,(H,20,22). The summed E-state index contributed by atoms with van der Waals surface area (Å²) in [5.74, 6) is -0.557. The molecule has 132 valence electrons. The van der Waals surface area contributed by atoms with E-state index < -0.39 is 0 Å². The van der Waals surface area contributed by atoms with E-state index in [1.54, 1.807) is 19.1 Å². The lowest BCUT2D eigenvalue weighted by atomic mass is 9.98. The van der Waals surface area contributed by atoms with Crippen LogP contribution in [0.1, 0.15) is 25.3 Å². The number of ether oxygens (including phenoxy) is 1. The number of benzene rings is 1. The molecular formula is C17H22Cl2N2O3. The van der Waals surface area contributed by atoms with Crippen LogP contribution in [0.5, 0.6) is 0 Å². The van der Waals surface area contributed by atoms with Crippen molar-refractivity contribution in [3.8, 4) is 0 Å². The summed E-state index contributed by atoms with van der Waals surface area (Å²) in [5, 5.41) is 3.62. The van der Waals surface area contributed by atoms with E-state index in [4.69, 9.17) is 27.9 Å². The van der Waals surface area contributed by atoms with Gasteiger partial charge >= 0.3 is 5.97 Å². The third-order valence-electron chi connectivity index (χ3n) is 4.04. The van der Waals surface area contributed by atoms with E-state index >= 15 is 0 Å². The number of aryl methyl sites for hydroxylation is 1. The van der Waals surface area contributed by atoms with Gasteiger partial charge < -0.3 is 10.1 Å². The Morgan fingerprint density at radius 2 is 2.12 bits per heavy atom. The minimum Gasteiger partial charge on any atom is -0.466 e. The van der Waals surface area contributed by atoms with Gasteiger partial charge in [-0.25, -0.2) is 0 Å². The van der Waals surface area contributed by atoms with Crippen LogP contribution in [-0.4, -0.2) is 43.0 Å². The Kier molecular flexibility index (Phi) is 6.90. The predicted octanol–water partition coefficient (Wildman–Crippen LogP) is 3.52. The Morgan fingerprint density at radius 1 is 1.38 bits per heavy atom. The molecule has 0 aromatic heterocycles. The number of amides is 1. The van der Waals surface area contributed by atoms with Crippen molar-refractivity contribution in [1.82, 2.24) is 4.90 Å². The molecule has 0 radical (unpaired) electrons. The lowest BCUT2D eigenvalue weighted by molar-refractivity contribution is -0.150. The fourth-order valence-corrected chi connectivity index (χ4v) is 3.27. The Bertz CT molecular complexity index is 622. The molecule has 1 amide bonds. The summed E-state index contributed by atoms with van der Waals surface area (Å²) in [6.45, 7) is 5.51. The maximum atomic E-state index is 12.3. The number of halogens is 2. The molecule has 1 aromatic carbocycles. The van der Waals surface area contributed by atoms with Crippen LogP contribution in [0.15, 0.2) is 12.1 Å². The summed E-state index contributed by atoms with van der Waals surface area (Å²) in [6, 6.07) is 3.50. The summed E-state index contributed by atoms with van der Waals surface area (Å²) in [6.07, 6.45) is 1.66. The highest BCUT2D eigenvalue weighted by Crippen LogP contribution is 2.32. The normalized spacial score (nSPS) is 18.2. The van der Waals surface area contributed by atoms with E-state index in [0.717, 1.165) is 24.9 Å². The number of rotatable bonds is 5. The first kappa shape index (κ1) is 19.0. The smallest absolute Gasteiger partial charge is 0.310 e. The van der Waals surface area contributed by atoms with Crippen molar-refractivity contribution in [3.05, 3.63) is 27.7 Å². The van der Waals surface area contributed by atoms with E-state index in [1.165, 1.54) is 0 Å². The fourth-order valence-electron chi connectivity index (χ4n) is 2.80. The molecule has 1 saturated heterocycles. The van der Waals surface area contributed by atoms with Crippen LogP contribution >= 0.6 is 23.2 Å². The minimum absolute atomic E-state index is 0.169. The van der Waals surface area contributed by atoms with E-state index in [2.05, 4.69) is 5.32 Å². The number of hydrogen-bond donors (Lipinski definition) is 1. The van der Waals surface area contributed by atoms with Crippen LogP contribution in [0.25, 0.3) is 0 Å².